The molecular formula is C19H36N2O2. The largest absolute Gasteiger partial charge is 0.368 e. The van der Waals surface area contributed by atoms with Crippen molar-refractivity contribution >= 4 is 11.7 Å². The summed E-state index contributed by atoms with van der Waals surface area (Å²) in [6, 6.07) is 0. The van der Waals surface area contributed by atoms with E-state index in [1.54, 1.807) is 14.0 Å². The lowest BCUT2D eigenvalue weighted by Crippen LogP contribution is -2.51. The quantitative estimate of drug-likeness (QED) is 0.377. The maximum atomic E-state index is 11.3. The van der Waals surface area contributed by atoms with Gasteiger partial charge in [-0.2, -0.15) is 0 Å². The predicted octanol–water partition coefficient (Wildman–Crippen LogP) is 3.74. The highest BCUT2D eigenvalue weighted by Crippen LogP contribution is 2.14. The van der Waals surface area contributed by atoms with E-state index in [4.69, 9.17) is 5.73 Å². The highest BCUT2D eigenvalue weighted by Gasteiger charge is 2.27. The first kappa shape index (κ1) is 21.8. The number of Topliss-reactive ketones (excluding diaryl/α,β-unsaturated/α-hetero) is 1. The zero-order valence-corrected chi connectivity index (χ0v) is 15.5. The lowest BCUT2D eigenvalue weighted by molar-refractivity contribution is -0.124. The number of carbonyl (C=O) groups excluding carboxylic acids is 2. The molecule has 0 radical (unpaired) electrons. The molecule has 2 atom stereocenters. The second-order valence-corrected chi connectivity index (χ2v) is 6.81. The van der Waals surface area contributed by atoms with Crippen molar-refractivity contribution in [3.63, 3.8) is 0 Å². The van der Waals surface area contributed by atoms with Crippen molar-refractivity contribution in [3.8, 4) is 0 Å². The number of allylic oxidation sites excluding steroid dienone is 2. The number of hydrogen-bond acceptors (Lipinski definition) is 3. The normalized spacial score (nSPS) is 15.5. The van der Waals surface area contributed by atoms with Gasteiger partial charge in [0.1, 0.15) is 5.78 Å². The number of unbranched alkanes of at least 4 members (excludes halogenated alkanes) is 5. The first-order chi connectivity index (χ1) is 10.8. The molecular weight excluding hydrogens is 288 g/mol. The molecule has 0 aliphatic heterocycles. The van der Waals surface area contributed by atoms with Crippen LogP contribution in [-0.2, 0) is 9.59 Å². The first-order valence-electron chi connectivity index (χ1n) is 8.97. The van der Waals surface area contributed by atoms with Crippen LogP contribution in [0, 0.1) is 5.92 Å². The maximum Gasteiger partial charge on any atom is 0.237 e. The summed E-state index contributed by atoms with van der Waals surface area (Å²) in [5.41, 5.74) is 4.81. The van der Waals surface area contributed by atoms with E-state index in [2.05, 4.69) is 17.5 Å². The monoisotopic (exact) mass is 324 g/mol. The SMILES string of the molecule is CNC(C)(CCC/C=C/CCCCCC[C@@H](C)C(C)=O)C(N)=O. The number of primary amides is 1. The number of carbonyl (C=O) groups is 2. The summed E-state index contributed by atoms with van der Waals surface area (Å²) in [6.45, 7) is 5.55. The number of nitrogens with one attached hydrogen (secondary N) is 1. The number of ketones is 1. The molecule has 23 heavy (non-hydrogen) atoms. The fourth-order valence-corrected chi connectivity index (χ4v) is 2.45. The van der Waals surface area contributed by atoms with Gasteiger partial charge in [0.25, 0.3) is 0 Å². The van der Waals surface area contributed by atoms with Crippen molar-refractivity contribution in [2.45, 2.75) is 84.1 Å². The molecule has 4 nitrogen and oxygen atoms in total. The molecule has 0 aromatic carbocycles. The Hall–Kier alpha value is -1.16. The third-order valence-electron chi connectivity index (χ3n) is 4.76. The van der Waals surface area contributed by atoms with Crippen LogP contribution in [0.15, 0.2) is 12.2 Å². The van der Waals surface area contributed by atoms with Gasteiger partial charge in [-0.05, 0) is 59.4 Å². The third kappa shape index (κ3) is 10.3. The summed E-state index contributed by atoms with van der Waals surface area (Å²) in [4.78, 5) is 22.5. The highest BCUT2D eigenvalue weighted by molar-refractivity contribution is 5.84. The van der Waals surface area contributed by atoms with Crippen LogP contribution in [0.5, 0.6) is 0 Å². The smallest absolute Gasteiger partial charge is 0.237 e. The van der Waals surface area contributed by atoms with E-state index in [9.17, 15) is 9.59 Å². The molecule has 0 aromatic heterocycles. The lowest BCUT2D eigenvalue weighted by atomic mass is 9.94. The third-order valence-corrected chi connectivity index (χ3v) is 4.76. The van der Waals surface area contributed by atoms with Gasteiger partial charge in [-0.1, -0.05) is 38.3 Å². The Morgan fingerprint density at radius 2 is 1.65 bits per heavy atom. The Kier molecular flexibility index (Phi) is 11.7. The molecule has 4 heteroatoms. The first-order valence-corrected chi connectivity index (χ1v) is 8.97. The number of hydrogen-bond donors (Lipinski definition) is 2. The molecule has 0 saturated heterocycles. The van der Waals surface area contributed by atoms with Crippen molar-refractivity contribution in [1.82, 2.24) is 5.32 Å². The van der Waals surface area contributed by atoms with Gasteiger partial charge < -0.3 is 11.1 Å². The van der Waals surface area contributed by atoms with Crippen molar-refractivity contribution in [2.75, 3.05) is 7.05 Å². The van der Waals surface area contributed by atoms with Gasteiger partial charge in [0.05, 0.1) is 5.54 Å². The van der Waals surface area contributed by atoms with E-state index in [0.29, 0.717) is 5.78 Å². The van der Waals surface area contributed by atoms with Crippen LogP contribution in [0.4, 0.5) is 0 Å². The van der Waals surface area contributed by atoms with E-state index < -0.39 is 5.54 Å². The fraction of sp³-hybridized carbons (Fsp3) is 0.789. The van der Waals surface area contributed by atoms with E-state index in [1.165, 1.54) is 19.3 Å². The van der Waals surface area contributed by atoms with Crippen LogP contribution in [0.2, 0.25) is 0 Å². The predicted molar refractivity (Wildman–Crippen MR) is 97.2 cm³/mol. The Morgan fingerprint density at radius 3 is 2.17 bits per heavy atom. The van der Waals surface area contributed by atoms with Crippen LogP contribution in [0.25, 0.3) is 0 Å². The van der Waals surface area contributed by atoms with Crippen LogP contribution in [-0.4, -0.2) is 24.3 Å². The molecule has 0 fully saturated rings. The summed E-state index contributed by atoms with van der Waals surface area (Å²) >= 11 is 0. The molecule has 0 heterocycles. The molecule has 0 aliphatic rings. The van der Waals surface area contributed by atoms with E-state index >= 15 is 0 Å². The molecule has 0 aliphatic carbocycles. The minimum atomic E-state index is -0.592. The molecule has 0 bridgehead atoms. The van der Waals surface area contributed by atoms with Gasteiger partial charge in [0.2, 0.25) is 5.91 Å². The molecule has 134 valence electrons. The van der Waals surface area contributed by atoms with E-state index in [-0.39, 0.29) is 11.8 Å². The summed E-state index contributed by atoms with van der Waals surface area (Å²) in [6.07, 6.45) is 14.1. The van der Waals surface area contributed by atoms with Crippen molar-refractivity contribution in [1.29, 1.82) is 0 Å². The van der Waals surface area contributed by atoms with Crippen molar-refractivity contribution in [3.05, 3.63) is 12.2 Å². The maximum absolute atomic E-state index is 11.3. The molecule has 1 unspecified atom stereocenters. The molecule has 3 N–H and O–H groups in total. The number of nitrogens with two attached hydrogens (primary N) is 1. The van der Waals surface area contributed by atoms with Gasteiger partial charge in [-0.25, -0.2) is 0 Å². The Balaban J connectivity index is 3.55. The van der Waals surface area contributed by atoms with Crippen molar-refractivity contribution in [2.24, 2.45) is 11.7 Å². The van der Waals surface area contributed by atoms with Crippen LogP contribution >= 0.6 is 0 Å². The van der Waals surface area contributed by atoms with Gasteiger partial charge in [-0.15, -0.1) is 0 Å². The Labute approximate surface area is 142 Å². The zero-order chi connectivity index (χ0) is 17.7. The van der Waals surface area contributed by atoms with Crippen LogP contribution in [0.3, 0.4) is 0 Å². The van der Waals surface area contributed by atoms with Gasteiger partial charge >= 0.3 is 0 Å². The second-order valence-electron chi connectivity index (χ2n) is 6.81. The summed E-state index contributed by atoms with van der Waals surface area (Å²) in [5, 5.41) is 3.00. The van der Waals surface area contributed by atoms with Crippen LogP contribution < -0.4 is 11.1 Å². The summed E-state index contributed by atoms with van der Waals surface area (Å²) < 4.78 is 0. The average Bonchev–Trinajstić information content (AvgIpc) is 2.51. The summed E-state index contributed by atoms with van der Waals surface area (Å²) in [7, 11) is 1.78. The Morgan fingerprint density at radius 1 is 1.09 bits per heavy atom. The lowest BCUT2D eigenvalue weighted by Gasteiger charge is -2.24. The fourth-order valence-electron chi connectivity index (χ4n) is 2.45. The topological polar surface area (TPSA) is 72.2 Å². The molecule has 0 rings (SSSR count). The minimum absolute atomic E-state index is 0.221. The second kappa shape index (κ2) is 12.3. The minimum Gasteiger partial charge on any atom is -0.368 e. The Bertz CT molecular complexity index is 380. The van der Waals surface area contributed by atoms with E-state index in [1.807, 2.05) is 13.8 Å². The van der Waals surface area contributed by atoms with Gasteiger partial charge in [-0.3, -0.25) is 9.59 Å². The van der Waals surface area contributed by atoms with Gasteiger partial charge in [0.15, 0.2) is 0 Å². The van der Waals surface area contributed by atoms with Gasteiger partial charge in [0, 0.05) is 5.92 Å². The molecule has 0 saturated carbocycles. The molecule has 0 spiro atoms. The summed E-state index contributed by atoms with van der Waals surface area (Å²) in [5.74, 6) is 0.236. The number of likely N-dealkylation sites (N-methyl/N-ethyl adjacent to an activating group) is 1. The van der Waals surface area contributed by atoms with Crippen molar-refractivity contribution < 1.29 is 9.59 Å². The van der Waals surface area contributed by atoms with Crippen LogP contribution in [0.1, 0.15) is 78.6 Å². The number of amides is 1. The number of rotatable bonds is 14. The molecule has 1 amide bonds. The van der Waals surface area contributed by atoms with E-state index in [0.717, 1.165) is 38.5 Å². The highest BCUT2D eigenvalue weighted by atomic mass is 16.1. The average molecular weight is 325 g/mol. The zero-order valence-electron chi connectivity index (χ0n) is 15.5. The molecule has 0 aromatic rings. The standard InChI is InChI=1S/C19H36N2O2/c1-16(17(2)22)14-12-10-8-6-5-7-9-11-13-15-19(3,21-4)18(20)23/h7,9,16,21H,5-6,8,10-15H2,1-4H3,(H2,20,23)/b9-7+/t16-,19?/m1/s1.